The SMILES string of the molecule is CC(C)(C)[C@H](N)C(=O)N1C[C@H]2C(C)(C)[C@@]2([C@H](CC2C(=O)Nc3ccccc32)C(N)=O)[C@@]1(C(N)=O)[N+](=O)[O-]. The molecule has 1 unspecified atom stereocenters. The van der Waals surface area contributed by atoms with E-state index in [9.17, 15) is 29.3 Å². The molecule has 1 saturated heterocycles. The fraction of sp³-hybridized carbons (Fsp3) is 0.600. The highest BCUT2D eigenvalue weighted by atomic mass is 16.6. The highest BCUT2D eigenvalue weighted by Gasteiger charge is 2.96. The molecule has 4 rings (SSSR count). The Balaban J connectivity index is 1.90. The van der Waals surface area contributed by atoms with Gasteiger partial charge in [0, 0.05) is 12.2 Å². The molecule has 3 aliphatic rings. The average Bonchev–Trinajstić information content (AvgIpc) is 3.06. The lowest BCUT2D eigenvalue weighted by atomic mass is 9.68. The van der Waals surface area contributed by atoms with E-state index in [4.69, 9.17) is 17.2 Å². The van der Waals surface area contributed by atoms with Gasteiger partial charge in [-0.2, -0.15) is 0 Å². The van der Waals surface area contributed by atoms with Crippen molar-refractivity contribution in [3.63, 3.8) is 0 Å². The molecule has 2 fully saturated rings. The maximum atomic E-state index is 13.6. The number of hydrogen-bond donors (Lipinski definition) is 4. The quantitative estimate of drug-likeness (QED) is 0.300. The van der Waals surface area contributed by atoms with Crippen LogP contribution in [0, 0.1) is 38.2 Å². The standard InChI is InChI=1S/C25H34N6O6/c1-22(2,3)17(26)20(34)30-11-16-23(4,5)24(16,25(30,21(28)35)31(36)37)14(18(27)32)10-13-12-8-6-7-9-15(12)29-19(13)33/h6-9,13-14,16-17H,10-11,26H2,1-5H3,(H2,27,32)(H2,28,35)(H,29,33)/t13?,14-,16+,17-,24+,25-/m1/s1. The van der Waals surface area contributed by atoms with Crippen molar-refractivity contribution in [1.29, 1.82) is 0 Å². The van der Waals surface area contributed by atoms with Gasteiger partial charge in [0.15, 0.2) is 0 Å². The molecule has 1 aromatic carbocycles. The maximum Gasteiger partial charge on any atom is 0.383 e. The van der Waals surface area contributed by atoms with Crippen LogP contribution in [0.25, 0.3) is 0 Å². The van der Waals surface area contributed by atoms with Crippen molar-refractivity contribution in [2.75, 3.05) is 11.9 Å². The van der Waals surface area contributed by atoms with Gasteiger partial charge in [-0.25, -0.2) is 0 Å². The van der Waals surface area contributed by atoms with Crippen molar-refractivity contribution in [3.8, 4) is 0 Å². The number of carbonyl (C=O) groups excluding carboxylic acids is 4. The Bertz CT molecular complexity index is 1210. The second-order valence-corrected chi connectivity index (χ2v) is 12.0. The number of fused-ring (bicyclic) bond motifs is 2. The van der Waals surface area contributed by atoms with Crippen LogP contribution in [-0.4, -0.2) is 51.7 Å². The lowest BCUT2D eigenvalue weighted by Gasteiger charge is -2.42. The van der Waals surface area contributed by atoms with Crippen molar-refractivity contribution in [3.05, 3.63) is 39.9 Å². The van der Waals surface area contributed by atoms with Gasteiger partial charge < -0.3 is 22.5 Å². The number of nitro groups is 1. The predicted octanol–water partition coefficient (Wildman–Crippen LogP) is 0.530. The van der Waals surface area contributed by atoms with Crippen LogP contribution in [0.2, 0.25) is 0 Å². The zero-order chi connectivity index (χ0) is 27.9. The minimum atomic E-state index is -2.78. The Morgan fingerprint density at radius 1 is 1.22 bits per heavy atom. The first kappa shape index (κ1) is 26.5. The van der Waals surface area contributed by atoms with Crippen LogP contribution in [0.5, 0.6) is 0 Å². The summed E-state index contributed by atoms with van der Waals surface area (Å²) in [6.45, 7) is 8.30. The fourth-order valence-electron chi connectivity index (χ4n) is 7.18. The van der Waals surface area contributed by atoms with Gasteiger partial charge >= 0.3 is 11.6 Å². The molecular weight excluding hydrogens is 480 g/mol. The summed E-state index contributed by atoms with van der Waals surface area (Å²) in [5.74, 6) is -6.29. The number of benzene rings is 1. The van der Waals surface area contributed by atoms with E-state index in [0.29, 0.717) is 11.3 Å². The number of para-hydroxylation sites is 1. The molecule has 0 bridgehead atoms. The number of amides is 4. The third-order valence-electron chi connectivity index (χ3n) is 9.08. The van der Waals surface area contributed by atoms with Crippen molar-refractivity contribution >= 4 is 29.3 Å². The molecule has 0 spiro atoms. The third-order valence-corrected chi connectivity index (χ3v) is 9.08. The van der Waals surface area contributed by atoms with E-state index in [1.807, 2.05) is 0 Å². The third kappa shape index (κ3) is 3.17. The largest absolute Gasteiger partial charge is 0.383 e. The van der Waals surface area contributed by atoms with Gasteiger partial charge in [0.2, 0.25) is 17.7 Å². The van der Waals surface area contributed by atoms with Crippen LogP contribution >= 0.6 is 0 Å². The molecule has 1 aromatic rings. The van der Waals surface area contributed by atoms with Crippen molar-refractivity contribution in [2.45, 2.75) is 58.7 Å². The maximum absolute atomic E-state index is 13.6. The number of nitrogens with zero attached hydrogens (tertiary/aromatic N) is 2. The van der Waals surface area contributed by atoms with Crippen LogP contribution in [-0.2, 0) is 19.2 Å². The first-order valence-corrected chi connectivity index (χ1v) is 12.2. The van der Waals surface area contributed by atoms with E-state index in [2.05, 4.69) is 5.32 Å². The summed E-state index contributed by atoms with van der Waals surface area (Å²) in [6.07, 6.45) is -0.186. The highest BCUT2D eigenvalue weighted by molar-refractivity contribution is 6.03. The lowest BCUT2D eigenvalue weighted by molar-refractivity contribution is -0.592. The molecular formula is C25H34N6O6. The number of nitrogens with one attached hydrogen (secondary N) is 1. The molecule has 37 heavy (non-hydrogen) atoms. The fourth-order valence-corrected chi connectivity index (χ4v) is 7.18. The molecule has 7 N–H and O–H groups in total. The van der Waals surface area contributed by atoms with Gasteiger partial charge in [-0.3, -0.25) is 34.2 Å². The Morgan fingerprint density at radius 3 is 2.32 bits per heavy atom. The number of carbonyl (C=O) groups is 4. The van der Waals surface area contributed by atoms with Gasteiger partial charge in [0.05, 0.1) is 28.2 Å². The molecule has 12 heteroatoms. The van der Waals surface area contributed by atoms with Crippen LogP contribution in [0.3, 0.4) is 0 Å². The minimum Gasteiger partial charge on any atom is -0.369 e. The summed E-state index contributed by atoms with van der Waals surface area (Å²) in [4.78, 5) is 65.8. The second-order valence-electron chi connectivity index (χ2n) is 12.0. The van der Waals surface area contributed by atoms with Crippen LogP contribution in [0.1, 0.15) is 52.5 Å². The molecule has 0 aromatic heterocycles. The van der Waals surface area contributed by atoms with E-state index in [1.54, 1.807) is 58.9 Å². The van der Waals surface area contributed by atoms with Crippen LogP contribution in [0.15, 0.2) is 24.3 Å². The normalized spacial score (nSPS) is 31.1. The Hall–Kier alpha value is -3.54. The molecule has 12 nitrogen and oxygen atoms in total. The van der Waals surface area contributed by atoms with Crippen molar-refractivity contribution in [2.24, 2.45) is 45.3 Å². The Morgan fingerprint density at radius 2 is 1.81 bits per heavy atom. The molecule has 2 aliphatic heterocycles. The zero-order valence-corrected chi connectivity index (χ0v) is 21.6. The van der Waals surface area contributed by atoms with E-state index >= 15 is 0 Å². The molecule has 200 valence electrons. The first-order valence-electron chi connectivity index (χ1n) is 12.2. The summed E-state index contributed by atoms with van der Waals surface area (Å²) >= 11 is 0. The number of anilines is 1. The number of nitrogens with two attached hydrogens (primary N) is 3. The van der Waals surface area contributed by atoms with Gasteiger partial charge in [-0.05, 0) is 34.8 Å². The minimum absolute atomic E-state index is 0.186. The molecule has 1 saturated carbocycles. The molecule has 2 heterocycles. The van der Waals surface area contributed by atoms with Crippen LogP contribution in [0.4, 0.5) is 5.69 Å². The highest BCUT2D eigenvalue weighted by Crippen LogP contribution is 2.82. The monoisotopic (exact) mass is 514 g/mol. The van der Waals surface area contributed by atoms with E-state index in [-0.39, 0.29) is 18.9 Å². The van der Waals surface area contributed by atoms with Crippen molar-refractivity contribution < 1.29 is 24.1 Å². The summed E-state index contributed by atoms with van der Waals surface area (Å²) in [5, 5.41) is 15.7. The van der Waals surface area contributed by atoms with E-state index in [0.717, 1.165) is 4.90 Å². The molecule has 4 amide bonds. The summed E-state index contributed by atoms with van der Waals surface area (Å²) in [7, 11) is 0. The molecule has 0 radical (unpaired) electrons. The predicted molar refractivity (Wildman–Crippen MR) is 133 cm³/mol. The van der Waals surface area contributed by atoms with E-state index < -0.39 is 68.3 Å². The topological polar surface area (TPSA) is 205 Å². The second kappa shape index (κ2) is 7.98. The number of primary amides is 2. The summed E-state index contributed by atoms with van der Waals surface area (Å²) in [6, 6.07) is 5.74. The average molecular weight is 515 g/mol. The Kier molecular flexibility index (Phi) is 5.72. The van der Waals surface area contributed by atoms with Gasteiger partial charge in [0.25, 0.3) is 0 Å². The first-order chi connectivity index (χ1) is 17.0. The smallest absolute Gasteiger partial charge is 0.369 e. The zero-order valence-electron chi connectivity index (χ0n) is 21.6. The Labute approximate surface area is 214 Å². The number of likely N-dealkylation sites (tertiary alicyclic amines) is 1. The van der Waals surface area contributed by atoms with Gasteiger partial charge in [0.1, 0.15) is 0 Å². The van der Waals surface area contributed by atoms with Gasteiger partial charge in [-0.15, -0.1) is 0 Å². The number of rotatable bonds is 7. The lowest BCUT2D eigenvalue weighted by Crippen LogP contribution is -2.72. The molecule has 1 aliphatic carbocycles. The van der Waals surface area contributed by atoms with E-state index in [1.165, 1.54) is 0 Å². The van der Waals surface area contributed by atoms with Crippen molar-refractivity contribution in [1.82, 2.24) is 4.90 Å². The summed E-state index contributed by atoms with van der Waals surface area (Å²) < 4.78 is 0. The molecule has 6 atom stereocenters. The summed E-state index contributed by atoms with van der Waals surface area (Å²) in [5.41, 5.74) is 12.8. The van der Waals surface area contributed by atoms with Crippen LogP contribution < -0.4 is 22.5 Å². The van der Waals surface area contributed by atoms with Gasteiger partial charge in [-0.1, -0.05) is 52.8 Å². The number of hydrogen-bond acceptors (Lipinski definition) is 7. The number of piperidine rings is 1.